The number of hydrogen-bond acceptors (Lipinski definition) is 3. The molecular weight excluding hydrogens is 214 g/mol. The molecule has 0 amide bonds. The zero-order valence-electron chi connectivity index (χ0n) is 10.9. The maximum atomic E-state index is 10.8. The summed E-state index contributed by atoms with van der Waals surface area (Å²) in [7, 11) is 3.73. The van der Waals surface area contributed by atoms with Gasteiger partial charge in [-0.15, -0.1) is 0 Å². The molecule has 0 heterocycles. The van der Waals surface area contributed by atoms with Gasteiger partial charge in [-0.05, 0) is 44.0 Å². The normalized spacial score (nSPS) is 10.1. The number of unbranched alkanes of at least 4 members (excludes halogenated alkanes) is 1. The van der Waals surface area contributed by atoms with E-state index >= 15 is 0 Å². The molecule has 0 aromatic heterocycles. The van der Waals surface area contributed by atoms with E-state index in [2.05, 4.69) is 11.9 Å². The number of nitrogens with zero attached hydrogens (tertiary/aromatic N) is 1. The van der Waals surface area contributed by atoms with Crippen LogP contribution in [-0.4, -0.2) is 26.5 Å². The fraction of sp³-hybridized carbons (Fsp3) is 0.500. The van der Waals surface area contributed by atoms with Gasteiger partial charge < -0.3 is 14.4 Å². The highest BCUT2D eigenvalue weighted by Gasteiger charge is 2.01. The Morgan fingerprint density at radius 3 is 2.41 bits per heavy atom. The molecule has 1 aromatic rings. The lowest BCUT2D eigenvalue weighted by atomic mass is 10.2. The predicted molar refractivity (Wildman–Crippen MR) is 70.8 cm³/mol. The van der Waals surface area contributed by atoms with E-state index in [1.165, 1.54) is 5.69 Å². The first-order valence-corrected chi connectivity index (χ1v) is 5.98. The van der Waals surface area contributed by atoms with Crippen LogP contribution in [0.5, 0.6) is 5.75 Å². The SMILES string of the molecule is COc1ccc(N(C)CCCCC(C)=O)cc1. The fourth-order valence-corrected chi connectivity index (χ4v) is 1.69. The Morgan fingerprint density at radius 2 is 1.88 bits per heavy atom. The zero-order valence-corrected chi connectivity index (χ0v) is 10.9. The van der Waals surface area contributed by atoms with E-state index in [1.54, 1.807) is 14.0 Å². The molecule has 0 unspecified atom stereocenters. The van der Waals surface area contributed by atoms with Crippen LogP contribution in [0.25, 0.3) is 0 Å². The van der Waals surface area contributed by atoms with Crippen LogP contribution in [0, 0.1) is 0 Å². The topological polar surface area (TPSA) is 29.5 Å². The van der Waals surface area contributed by atoms with Crippen LogP contribution < -0.4 is 9.64 Å². The summed E-state index contributed by atoms with van der Waals surface area (Å²) in [4.78, 5) is 13.0. The van der Waals surface area contributed by atoms with Crippen molar-refractivity contribution in [1.29, 1.82) is 0 Å². The van der Waals surface area contributed by atoms with Crippen molar-refractivity contribution in [3.05, 3.63) is 24.3 Å². The van der Waals surface area contributed by atoms with Crippen LogP contribution in [0.3, 0.4) is 0 Å². The summed E-state index contributed by atoms with van der Waals surface area (Å²) in [5, 5.41) is 0. The Hall–Kier alpha value is -1.51. The van der Waals surface area contributed by atoms with Gasteiger partial charge in [0.2, 0.25) is 0 Å². The van der Waals surface area contributed by atoms with Gasteiger partial charge in [0.05, 0.1) is 7.11 Å². The Balaban J connectivity index is 2.35. The lowest BCUT2D eigenvalue weighted by molar-refractivity contribution is -0.117. The Labute approximate surface area is 103 Å². The molecule has 0 bridgehead atoms. The van der Waals surface area contributed by atoms with Gasteiger partial charge in [0.15, 0.2) is 0 Å². The van der Waals surface area contributed by atoms with Crippen LogP contribution in [0.1, 0.15) is 26.2 Å². The molecule has 0 fully saturated rings. The van der Waals surface area contributed by atoms with E-state index < -0.39 is 0 Å². The predicted octanol–water partition coefficient (Wildman–Crippen LogP) is 2.89. The van der Waals surface area contributed by atoms with Crippen LogP contribution in [0.2, 0.25) is 0 Å². The van der Waals surface area contributed by atoms with Gasteiger partial charge in [0, 0.05) is 25.7 Å². The fourth-order valence-electron chi connectivity index (χ4n) is 1.69. The van der Waals surface area contributed by atoms with Crippen LogP contribution in [-0.2, 0) is 4.79 Å². The second-order valence-corrected chi connectivity index (χ2v) is 4.28. The lowest BCUT2D eigenvalue weighted by Crippen LogP contribution is -2.18. The summed E-state index contributed by atoms with van der Waals surface area (Å²) in [6, 6.07) is 8.01. The summed E-state index contributed by atoms with van der Waals surface area (Å²) in [5.41, 5.74) is 1.17. The Morgan fingerprint density at radius 1 is 1.24 bits per heavy atom. The van der Waals surface area contributed by atoms with Gasteiger partial charge in [-0.25, -0.2) is 0 Å². The average molecular weight is 235 g/mol. The van der Waals surface area contributed by atoms with Crippen molar-refractivity contribution in [2.75, 3.05) is 25.6 Å². The minimum absolute atomic E-state index is 0.275. The van der Waals surface area contributed by atoms with Crippen molar-refractivity contribution in [2.45, 2.75) is 26.2 Å². The molecule has 94 valence electrons. The monoisotopic (exact) mass is 235 g/mol. The first-order chi connectivity index (χ1) is 8.13. The van der Waals surface area contributed by atoms with Crippen LogP contribution in [0.4, 0.5) is 5.69 Å². The van der Waals surface area contributed by atoms with Gasteiger partial charge in [-0.2, -0.15) is 0 Å². The number of Topliss-reactive ketones (excluding diaryl/α,β-unsaturated/α-hetero) is 1. The molecule has 0 spiro atoms. The number of hydrogen-bond donors (Lipinski definition) is 0. The summed E-state index contributed by atoms with van der Waals surface area (Å²) < 4.78 is 5.12. The third-order valence-corrected chi connectivity index (χ3v) is 2.79. The number of rotatable bonds is 7. The van der Waals surface area contributed by atoms with Gasteiger partial charge in [0.25, 0.3) is 0 Å². The quantitative estimate of drug-likeness (QED) is 0.681. The zero-order chi connectivity index (χ0) is 12.7. The maximum Gasteiger partial charge on any atom is 0.129 e. The van der Waals surface area contributed by atoms with Crippen LogP contribution >= 0.6 is 0 Å². The second kappa shape index (κ2) is 6.94. The molecule has 3 nitrogen and oxygen atoms in total. The van der Waals surface area contributed by atoms with E-state index in [4.69, 9.17) is 4.74 Å². The number of ether oxygens (including phenoxy) is 1. The number of anilines is 1. The highest BCUT2D eigenvalue weighted by atomic mass is 16.5. The molecule has 0 aliphatic rings. The van der Waals surface area contributed by atoms with Gasteiger partial charge in [0.1, 0.15) is 11.5 Å². The number of ketones is 1. The lowest BCUT2D eigenvalue weighted by Gasteiger charge is -2.19. The van der Waals surface area contributed by atoms with Gasteiger partial charge in [-0.3, -0.25) is 0 Å². The summed E-state index contributed by atoms with van der Waals surface area (Å²) >= 11 is 0. The first kappa shape index (κ1) is 13.6. The van der Waals surface area contributed by atoms with Gasteiger partial charge in [-0.1, -0.05) is 0 Å². The third kappa shape index (κ3) is 4.89. The van der Waals surface area contributed by atoms with E-state index in [9.17, 15) is 4.79 Å². The molecule has 1 aromatic carbocycles. The molecule has 1 rings (SSSR count). The molecule has 3 heteroatoms. The number of carbonyl (C=O) groups is 1. The van der Waals surface area contributed by atoms with Crippen molar-refractivity contribution in [3.63, 3.8) is 0 Å². The maximum absolute atomic E-state index is 10.8. The van der Waals surface area contributed by atoms with E-state index in [0.29, 0.717) is 6.42 Å². The molecule has 0 saturated carbocycles. The molecule has 0 aliphatic heterocycles. The van der Waals surface area contributed by atoms with Crippen molar-refractivity contribution < 1.29 is 9.53 Å². The van der Waals surface area contributed by atoms with Gasteiger partial charge >= 0.3 is 0 Å². The molecule has 0 saturated heterocycles. The van der Waals surface area contributed by atoms with E-state index in [1.807, 2.05) is 24.3 Å². The number of benzene rings is 1. The third-order valence-electron chi connectivity index (χ3n) is 2.79. The molecule has 0 N–H and O–H groups in total. The Bertz CT molecular complexity index is 346. The molecule has 0 aliphatic carbocycles. The first-order valence-electron chi connectivity index (χ1n) is 5.98. The van der Waals surface area contributed by atoms with Crippen molar-refractivity contribution in [3.8, 4) is 5.75 Å². The number of carbonyl (C=O) groups excluding carboxylic acids is 1. The second-order valence-electron chi connectivity index (χ2n) is 4.28. The standard InChI is InChI=1S/C14H21NO2/c1-12(16)6-4-5-11-15(2)13-7-9-14(17-3)10-8-13/h7-10H,4-6,11H2,1-3H3. The molecule has 0 atom stereocenters. The van der Waals surface area contributed by atoms with Crippen molar-refractivity contribution in [1.82, 2.24) is 0 Å². The average Bonchev–Trinajstić information content (AvgIpc) is 2.34. The summed E-state index contributed by atoms with van der Waals surface area (Å²) in [6.07, 6.45) is 2.70. The minimum Gasteiger partial charge on any atom is -0.497 e. The highest BCUT2D eigenvalue weighted by Crippen LogP contribution is 2.18. The van der Waals surface area contributed by atoms with Crippen molar-refractivity contribution >= 4 is 11.5 Å². The molecule has 0 radical (unpaired) electrons. The molecule has 17 heavy (non-hydrogen) atoms. The van der Waals surface area contributed by atoms with Crippen LogP contribution in [0.15, 0.2) is 24.3 Å². The summed E-state index contributed by atoms with van der Waals surface area (Å²) in [6.45, 7) is 2.62. The largest absolute Gasteiger partial charge is 0.497 e. The van der Waals surface area contributed by atoms with E-state index in [-0.39, 0.29) is 5.78 Å². The minimum atomic E-state index is 0.275. The Kier molecular flexibility index (Phi) is 5.53. The molecular formula is C14H21NO2. The van der Waals surface area contributed by atoms with E-state index in [0.717, 1.165) is 25.1 Å². The number of methoxy groups -OCH3 is 1. The smallest absolute Gasteiger partial charge is 0.129 e. The van der Waals surface area contributed by atoms with Crippen molar-refractivity contribution in [2.24, 2.45) is 0 Å². The highest BCUT2D eigenvalue weighted by molar-refractivity contribution is 5.75. The summed E-state index contributed by atoms with van der Waals surface area (Å²) in [5.74, 6) is 1.15.